The molecule has 0 radical (unpaired) electrons. The lowest BCUT2D eigenvalue weighted by molar-refractivity contribution is -0.118. The van der Waals surface area contributed by atoms with Gasteiger partial charge in [-0.25, -0.2) is 0 Å². The van der Waals surface area contributed by atoms with Crippen molar-refractivity contribution in [3.05, 3.63) is 5.82 Å². The molecule has 0 saturated heterocycles. The molecule has 2 rings (SSSR count). The fourth-order valence-electron chi connectivity index (χ4n) is 1.65. The predicted molar refractivity (Wildman–Crippen MR) is 65.7 cm³/mol. The van der Waals surface area contributed by atoms with Crippen molar-refractivity contribution in [1.29, 1.82) is 0 Å². The van der Waals surface area contributed by atoms with Gasteiger partial charge in [-0.15, -0.1) is 10.2 Å². The molecule has 1 heterocycles. The van der Waals surface area contributed by atoms with Crippen LogP contribution in [-0.2, 0) is 16.0 Å². The van der Waals surface area contributed by atoms with Crippen molar-refractivity contribution >= 4 is 23.6 Å². The van der Waals surface area contributed by atoms with Crippen molar-refractivity contribution in [2.75, 3.05) is 5.75 Å². The summed E-state index contributed by atoms with van der Waals surface area (Å²) in [6.45, 7) is 0. The standard InChI is InChI=1S/C10H15N5O2S/c11-7(16)3-4-9-13-14-10(18-5-8(12)17)15(9)6-1-2-6/h6H,1-5H2,(H2,11,16)(H2,12,17). The normalized spacial score (nSPS) is 14.7. The number of thioether (sulfide) groups is 1. The molecule has 2 amide bonds. The van der Waals surface area contributed by atoms with Gasteiger partial charge in [0.15, 0.2) is 5.16 Å². The number of hydrogen-bond donors (Lipinski definition) is 2. The van der Waals surface area contributed by atoms with Crippen LogP contribution in [0.5, 0.6) is 0 Å². The van der Waals surface area contributed by atoms with E-state index in [1.807, 2.05) is 4.57 Å². The molecule has 1 aliphatic rings. The van der Waals surface area contributed by atoms with E-state index in [9.17, 15) is 9.59 Å². The molecule has 1 aromatic rings. The van der Waals surface area contributed by atoms with Crippen molar-refractivity contribution in [2.45, 2.75) is 36.9 Å². The van der Waals surface area contributed by atoms with E-state index < -0.39 is 0 Å². The number of carbonyl (C=O) groups is 2. The lowest BCUT2D eigenvalue weighted by Crippen LogP contribution is -2.15. The number of amides is 2. The third-order valence-electron chi connectivity index (χ3n) is 2.59. The van der Waals surface area contributed by atoms with Gasteiger partial charge in [0.05, 0.1) is 5.75 Å². The summed E-state index contributed by atoms with van der Waals surface area (Å²) < 4.78 is 2.00. The molecule has 4 N–H and O–H groups in total. The minimum Gasteiger partial charge on any atom is -0.370 e. The van der Waals surface area contributed by atoms with Gasteiger partial charge >= 0.3 is 0 Å². The van der Waals surface area contributed by atoms with Crippen LogP contribution in [0.3, 0.4) is 0 Å². The molecular weight excluding hydrogens is 254 g/mol. The Morgan fingerprint density at radius 3 is 2.56 bits per heavy atom. The number of primary amides is 2. The van der Waals surface area contributed by atoms with Crippen molar-refractivity contribution in [2.24, 2.45) is 11.5 Å². The molecular formula is C10H15N5O2S. The number of rotatable bonds is 7. The van der Waals surface area contributed by atoms with Gasteiger partial charge in [-0.3, -0.25) is 9.59 Å². The molecule has 1 saturated carbocycles. The highest BCUT2D eigenvalue weighted by molar-refractivity contribution is 7.99. The van der Waals surface area contributed by atoms with E-state index >= 15 is 0 Å². The van der Waals surface area contributed by atoms with Gasteiger partial charge in [-0.2, -0.15) is 0 Å². The first-order valence-electron chi connectivity index (χ1n) is 5.71. The minimum atomic E-state index is -0.385. The first-order valence-corrected chi connectivity index (χ1v) is 6.69. The van der Waals surface area contributed by atoms with Crippen LogP contribution in [0.2, 0.25) is 0 Å². The predicted octanol–water partition coefficient (Wildman–Crippen LogP) is -0.392. The first kappa shape index (κ1) is 12.9. The van der Waals surface area contributed by atoms with Crippen molar-refractivity contribution in [1.82, 2.24) is 14.8 Å². The Hall–Kier alpha value is -1.57. The molecule has 1 aliphatic carbocycles. The van der Waals surface area contributed by atoms with E-state index in [0.717, 1.165) is 18.7 Å². The van der Waals surface area contributed by atoms with Crippen LogP contribution in [0.1, 0.15) is 31.1 Å². The van der Waals surface area contributed by atoms with Crippen LogP contribution in [-0.4, -0.2) is 32.3 Å². The summed E-state index contributed by atoms with van der Waals surface area (Å²) >= 11 is 1.28. The van der Waals surface area contributed by atoms with E-state index in [1.54, 1.807) is 0 Å². The zero-order valence-electron chi connectivity index (χ0n) is 9.83. The number of nitrogens with two attached hydrogens (primary N) is 2. The Morgan fingerprint density at radius 2 is 2.00 bits per heavy atom. The van der Waals surface area contributed by atoms with Crippen molar-refractivity contribution in [3.8, 4) is 0 Å². The van der Waals surface area contributed by atoms with Gasteiger partial charge in [0.2, 0.25) is 11.8 Å². The minimum absolute atomic E-state index is 0.181. The second-order valence-electron chi connectivity index (χ2n) is 4.22. The third-order valence-corrected chi connectivity index (χ3v) is 3.55. The quantitative estimate of drug-likeness (QED) is 0.654. The summed E-state index contributed by atoms with van der Waals surface area (Å²) in [6, 6.07) is 0.387. The van der Waals surface area contributed by atoms with Crippen LogP contribution >= 0.6 is 11.8 Å². The summed E-state index contributed by atoms with van der Waals surface area (Å²) in [5.41, 5.74) is 10.2. The molecule has 18 heavy (non-hydrogen) atoms. The maximum absolute atomic E-state index is 10.8. The third kappa shape index (κ3) is 3.22. The SMILES string of the molecule is NC(=O)CCc1nnc(SCC(N)=O)n1C1CC1. The first-order chi connectivity index (χ1) is 8.58. The molecule has 1 fully saturated rings. The zero-order chi connectivity index (χ0) is 13.1. The van der Waals surface area contributed by atoms with Gasteiger partial charge in [0.1, 0.15) is 5.82 Å². The van der Waals surface area contributed by atoms with Crippen LogP contribution in [0.25, 0.3) is 0 Å². The fourth-order valence-corrected chi connectivity index (χ4v) is 2.41. The van der Waals surface area contributed by atoms with Crippen molar-refractivity contribution in [3.63, 3.8) is 0 Å². The van der Waals surface area contributed by atoms with Crippen LogP contribution < -0.4 is 11.5 Å². The average Bonchev–Trinajstić information content (AvgIpc) is 3.05. The fraction of sp³-hybridized carbons (Fsp3) is 0.600. The number of nitrogens with zero attached hydrogens (tertiary/aromatic N) is 3. The molecule has 0 aliphatic heterocycles. The average molecular weight is 269 g/mol. The number of carbonyl (C=O) groups excluding carboxylic acids is 2. The van der Waals surface area contributed by atoms with Gasteiger partial charge < -0.3 is 16.0 Å². The van der Waals surface area contributed by atoms with E-state index in [2.05, 4.69) is 10.2 Å². The highest BCUT2D eigenvalue weighted by Gasteiger charge is 2.29. The summed E-state index contributed by atoms with van der Waals surface area (Å²) in [6.07, 6.45) is 2.89. The molecule has 0 atom stereocenters. The van der Waals surface area contributed by atoms with Gasteiger partial charge in [0.25, 0.3) is 0 Å². The molecule has 0 spiro atoms. The highest BCUT2D eigenvalue weighted by atomic mass is 32.2. The van der Waals surface area contributed by atoms with E-state index in [4.69, 9.17) is 11.5 Å². The van der Waals surface area contributed by atoms with Crippen LogP contribution in [0.4, 0.5) is 0 Å². The van der Waals surface area contributed by atoms with Gasteiger partial charge in [-0.1, -0.05) is 11.8 Å². The largest absolute Gasteiger partial charge is 0.370 e. The molecule has 98 valence electrons. The molecule has 0 bridgehead atoms. The Morgan fingerprint density at radius 1 is 1.28 bits per heavy atom. The van der Waals surface area contributed by atoms with E-state index in [-0.39, 0.29) is 24.0 Å². The molecule has 1 aromatic heterocycles. The van der Waals surface area contributed by atoms with Crippen molar-refractivity contribution < 1.29 is 9.59 Å². The molecule has 0 aromatic carbocycles. The monoisotopic (exact) mass is 269 g/mol. The zero-order valence-corrected chi connectivity index (χ0v) is 10.7. The number of aromatic nitrogens is 3. The lowest BCUT2D eigenvalue weighted by Gasteiger charge is -2.07. The summed E-state index contributed by atoms with van der Waals surface area (Å²) in [7, 11) is 0. The lowest BCUT2D eigenvalue weighted by atomic mass is 10.3. The Kier molecular flexibility index (Phi) is 3.85. The second kappa shape index (κ2) is 5.38. The maximum atomic E-state index is 10.8. The highest BCUT2D eigenvalue weighted by Crippen LogP contribution is 2.38. The number of aryl methyl sites for hydroxylation is 1. The molecule has 0 unspecified atom stereocenters. The van der Waals surface area contributed by atoms with Gasteiger partial charge in [0, 0.05) is 18.9 Å². The van der Waals surface area contributed by atoms with Crippen LogP contribution in [0, 0.1) is 0 Å². The summed E-state index contributed by atoms with van der Waals surface area (Å²) in [5, 5.41) is 8.79. The summed E-state index contributed by atoms with van der Waals surface area (Å²) in [5.74, 6) is 0.194. The molecule has 8 heteroatoms. The van der Waals surface area contributed by atoms with Gasteiger partial charge in [-0.05, 0) is 12.8 Å². The summed E-state index contributed by atoms with van der Waals surface area (Å²) in [4.78, 5) is 21.6. The van der Waals surface area contributed by atoms with Crippen LogP contribution in [0.15, 0.2) is 5.16 Å². The van der Waals surface area contributed by atoms with E-state index in [0.29, 0.717) is 17.6 Å². The molecule has 7 nitrogen and oxygen atoms in total. The Balaban J connectivity index is 2.09. The van der Waals surface area contributed by atoms with E-state index in [1.165, 1.54) is 11.8 Å². The maximum Gasteiger partial charge on any atom is 0.227 e. The Labute approximate surface area is 108 Å². The topological polar surface area (TPSA) is 117 Å². The second-order valence-corrected chi connectivity index (χ2v) is 5.16. The Bertz CT molecular complexity index is 433. The number of hydrogen-bond acceptors (Lipinski definition) is 5. The smallest absolute Gasteiger partial charge is 0.227 e.